The molecule has 1 saturated heterocycles. The van der Waals surface area contributed by atoms with E-state index in [0.29, 0.717) is 31.0 Å². The average molecular weight is 435 g/mol. The Kier molecular flexibility index (Phi) is 6.75. The third kappa shape index (κ3) is 5.11. The van der Waals surface area contributed by atoms with E-state index in [-0.39, 0.29) is 18.2 Å². The Bertz CT molecular complexity index is 1070. The minimum absolute atomic E-state index is 0.145. The summed E-state index contributed by atoms with van der Waals surface area (Å²) in [6.45, 7) is 3.78. The van der Waals surface area contributed by atoms with Crippen molar-refractivity contribution in [2.75, 3.05) is 13.1 Å². The van der Waals surface area contributed by atoms with Crippen molar-refractivity contribution in [3.8, 4) is 0 Å². The van der Waals surface area contributed by atoms with Crippen molar-refractivity contribution in [1.29, 1.82) is 0 Å². The molecule has 4 rings (SSSR count). The van der Waals surface area contributed by atoms with E-state index in [4.69, 9.17) is 4.52 Å². The van der Waals surface area contributed by atoms with Crippen LogP contribution in [0.5, 0.6) is 0 Å². The van der Waals surface area contributed by atoms with E-state index < -0.39 is 17.7 Å². The number of halogens is 1. The highest BCUT2D eigenvalue weighted by Crippen LogP contribution is 2.29. The fraction of sp³-hybridized carbons (Fsp3) is 0.320. The summed E-state index contributed by atoms with van der Waals surface area (Å²) in [6, 6.07) is 17.3. The van der Waals surface area contributed by atoms with Crippen LogP contribution in [-0.2, 0) is 24.3 Å². The molecule has 1 aromatic heterocycles. The number of hydrogen-bond acceptors (Lipinski definition) is 5. The van der Waals surface area contributed by atoms with Crippen LogP contribution in [0.2, 0.25) is 0 Å². The standard InChI is InChI=1S/C25H26FN3O3/c1-2-20-12-21(32-28-20)13-27-25(31)23-16-29(14-17-6-4-3-5-7-17)15-22(23)24(30)18-8-10-19(26)11-9-18/h3-12,22-23H,2,13-16H2,1H3,(H,27,31)/t22-,23-/m1/s1. The van der Waals surface area contributed by atoms with Crippen LogP contribution in [-0.4, -0.2) is 34.8 Å². The number of carbonyl (C=O) groups is 2. The number of aromatic nitrogens is 1. The van der Waals surface area contributed by atoms with Crippen LogP contribution in [0.3, 0.4) is 0 Å². The molecular formula is C25H26FN3O3. The molecule has 166 valence electrons. The van der Waals surface area contributed by atoms with Gasteiger partial charge in [0.05, 0.1) is 18.2 Å². The highest BCUT2D eigenvalue weighted by molar-refractivity contribution is 6.01. The van der Waals surface area contributed by atoms with Gasteiger partial charge in [-0.2, -0.15) is 0 Å². The van der Waals surface area contributed by atoms with Crippen molar-refractivity contribution in [1.82, 2.24) is 15.4 Å². The molecule has 0 radical (unpaired) electrons. The van der Waals surface area contributed by atoms with Gasteiger partial charge in [0.15, 0.2) is 11.5 Å². The number of carbonyl (C=O) groups excluding carboxylic acids is 2. The first-order valence-corrected chi connectivity index (χ1v) is 10.8. The molecule has 1 amide bonds. The molecule has 0 spiro atoms. The van der Waals surface area contributed by atoms with E-state index in [1.165, 1.54) is 24.3 Å². The molecule has 2 atom stereocenters. The molecule has 2 heterocycles. The Labute approximate surface area is 186 Å². The lowest BCUT2D eigenvalue weighted by molar-refractivity contribution is -0.125. The maximum atomic E-state index is 13.3. The number of hydrogen-bond donors (Lipinski definition) is 1. The van der Waals surface area contributed by atoms with Crippen LogP contribution >= 0.6 is 0 Å². The summed E-state index contributed by atoms with van der Waals surface area (Å²) in [7, 11) is 0. The number of nitrogens with one attached hydrogen (secondary N) is 1. The first kappa shape index (κ1) is 21.9. The van der Waals surface area contributed by atoms with Crippen LogP contribution in [0.25, 0.3) is 0 Å². The smallest absolute Gasteiger partial charge is 0.225 e. The number of benzene rings is 2. The summed E-state index contributed by atoms with van der Waals surface area (Å²) >= 11 is 0. The molecule has 0 aliphatic carbocycles. The predicted octanol–water partition coefficient (Wildman–Crippen LogP) is 3.62. The summed E-state index contributed by atoms with van der Waals surface area (Å²) < 4.78 is 18.6. The first-order chi connectivity index (χ1) is 15.5. The molecule has 1 aliphatic heterocycles. The molecule has 1 fully saturated rings. The molecule has 0 unspecified atom stereocenters. The molecule has 32 heavy (non-hydrogen) atoms. The third-order valence-corrected chi connectivity index (χ3v) is 5.85. The average Bonchev–Trinajstić information content (AvgIpc) is 3.45. The van der Waals surface area contributed by atoms with Crippen LogP contribution in [0, 0.1) is 17.7 Å². The quantitative estimate of drug-likeness (QED) is 0.547. The zero-order chi connectivity index (χ0) is 22.5. The van der Waals surface area contributed by atoms with Gasteiger partial charge in [-0.25, -0.2) is 4.39 Å². The molecule has 6 nitrogen and oxygen atoms in total. The van der Waals surface area contributed by atoms with E-state index >= 15 is 0 Å². The topological polar surface area (TPSA) is 75.4 Å². The third-order valence-electron chi connectivity index (χ3n) is 5.85. The molecular weight excluding hydrogens is 409 g/mol. The van der Waals surface area contributed by atoms with Crippen molar-refractivity contribution in [2.45, 2.75) is 26.4 Å². The minimum Gasteiger partial charge on any atom is -0.359 e. The monoisotopic (exact) mass is 435 g/mol. The van der Waals surface area contributed by atoms with Crippen molar-refractivity contribution in [3.05, 3.63) is 89.1 Å². The maximum absolute atomic E-state index is 13.3. The van der Waals surface area contributed by atoms with Gasteiger partial charge < -0.3 is 9.84 Å². The van der Waals surface area contributed by atoms with Gasteiger partial charge in [-0.05, 0) is 36.2 Å². The first-order valence-electron chi connectivity index (χ1n) is 10.8. The number of likely N-dealkylation sites (tertiary alicyclic amines) is 1. The second-order valence-corrected chi connectivity index (χ2v) is 8.12. The largest absolute Gasteiger partial charge is 0.359 e. The fourth-order valence-electron chi connectivity index (χ4n) is 4.13. The lowest BCUT2D eigenvalue weighted by Crippen LogP contribution is -2.37. The van der Waals surface area contributed by atoms with Crippen molar-refractivity contribution >= 4 is 11.7 Å². The lowest BCUT2D eigenvalue weighted by Gasteiger charge is -2.17. The molecule has 7 heteroatoms. The number of nitrogens with zero attached hydrogens (tertiary/aromatic N) is 2. The van der Waals surface area contributed by atoms with E-state index in [2.05, 4.69) is 15.4 Å². The number of amides is 1. The number of rotatable bonds is 8. The Morgan fingerprint density at radius 2 is 1.81 bits per heavy atom. The molecule has 0 saturated carbocycles. The van der Waals surface area contributed by atoms with E-state index in [1.54, 1.807) is 0 Å². The Morgan fingerprint density at radius 3 is 2.50 bits per heavy atom. The van der Waals surface area contributed by atoms with Gasteiger partial charge in [0.2, 0.25) is 5.91 Å². The minimum atomic E-state index is -0.509. The zero-order valence-electron chi connectivity index (χ0n) is 18.0. The Morgan fingerprint density at radius 1 is 1.09 bits per heavy atom. The normalized spacial score (nSPS) is 18.6. The van der Waals surface area contributed by atoms with Gasteiger partial charge in [0.25, 0.3) is 0 Å². The second kappa shape index (κ2) is 9.87. The van der Waals surface area contributed by atoms with E-state index in [1.807, 2.05) is 43.3 Å². The molecule has 3 aromatic rings. The highest BCUT2D eigenvalue weighted by Gasteiger charge is 2.41. The predicted molar refractivity (Wildman–Crippen MR) is 117 cm³/mol. The number of Topliss-reactive ketones (excluding diaryl/α,β-unsaturated/α-hetero) is 1. The van der Waals surface area contributed by atoms with Gasteiger partial charge in [-0.1, -0.05) is 42.4 Å². The van der Waals surface area contributed by atoms with Crippen molar-refractivity contribution in [2.24, 2.45) is 11.8 Å². The van der Waals surface area contributed by atoms with Gasteiger partial charge in [-0.3, -0.25) is 14.5 Å². The van der Waals surface area contributed by atoms with E-state index in [9.17, 15) is 14.0 Å². The van der Waals surface area contributed by atoms with Crippen LogP contribution in [0.1, 0.15) is 34.3 Å². The molecule has 0 bridgehead atoms. The van der Waals surface area contributed by atoms with Gasteiger partial charge in [-0.15, -0.1) is 0 Å². The van der Waals surface area contributed by atoms with Crippen molar-refractivity contribution in [3.63, 3.8) is 0 Å². The Balaban J connectivity index is 1.49. The maximum Gasteiger partial charge on any atom is 0.225 e. The second-order valence-electron chi connectivity index (χ2n) is 8.12. The summed E-state index contributed by atoms with van der Waals surface area (Å²) in [6.07, 6.45) is 0.753. The summed E-state index contributed by atoms with van der Waals surface area (Å²) in [5.41, 5.74) is 2.36. The van der Waals surface area contributed by atoms with Crippen LogP contribution < -0.4 is 5.32 Å². The van der Waals surface area contributed by atoms with Gasteiger partial charge >= 0.3 is 0 Å². The number of ketones is 1. The lowest BCUT2D eigenvalue weighted by atomic mass is 9.88. The zero-order valence-corrected chi connectivity index (χ0v) is 18.0. The summed E-state index contributed by atoms with van der Waals surface area (Å²) in [5.74, 6) is -1.18. The summed E-state index contributed by atoms with van der Waals surface area (Å²) in [5, 5.41) is 6.84. The van der Waals surface area contributed by atoms with Crippen molar-refractivity contribution < 1.29 is 18.5 Å². The number of aryl methyl sites for hydroxylation is 1. The SMILES string of the molecule is CCc1cc(CNC(=O)[C@@H]2CN(Cc3ccccc3)C[C@H]2C(=O)c2ccc(F)cc2)on1. The molecule has 2 aromatic carbocycles. The summed E-state index contributed by atoms with van der Waals surface area (Å²) in [4.78, 5) is 28.4. The fourth-order valence-corrected chi connectivity index (χ4v) is 4.13. The Hall–Kier alpha value is -3.32. The molecule has 1 N–H and O–H groups in total. The van der Waals surface area contributed by atoms with Crippen LogP contribution in [0.15, 0.2) is 65.2 Å². The van der Waals surface area contributed by atoms with E-state index in [0.717, 1.165) is 17.7 Å². The van der Waals surface area contributed by atoms with Gasteiger partial charge in [0.1, 0.15) is 5.82 Å². The highest BCUT2D eigenvalue weighted by atomic mass is 19.1. The van der Waals surface area contributed by atoms with Gasteiger partial charge in [0, 0.05) is 37.2 Å². The molecule has 1 aliphatic rings. The van der Waals surface area contributed by atoms with Crippen LogP contribution in [0.4, 0.5) is 4.39 Å².